The number of rotatable bonds is 4. The van der Waals surface area contributed by atoms with Crippen molar-refractivity contribution in [3.8, 4) is 0 Å². The largest absolute Gasteiger partial charge is 0.360 e. The van der Waals surface area contributed by atoms with Crippen molar-refractivity contribution >= 4 is 39.8 Å². The molecule has 0 aliphatic carbocycles. The van der Waals surface area contributed by atoms with Gasteiger partial charge in [-0.05, 0) is 36.4 Å². The van der Waals surface area contributed by atoms with E-state index >= 15 is 0 Å². The SMILES string of the molecule is O=C(c1cccnc1Nc1ccccc1)c1c[nH]c2cc(Cl)ccc12. The number of hydrogen-bond acceptors (Lipinski definition) is 3. The monoisotopic (exact) mass is 347 g/mol. The summed E-state index contributed by atoms with van der Waals surface area (Å²) in [5, 5.41) is 4.67. The Morgan fingerprint density at radius 2 is 1.84 bits per heavy atom. The van der Waals surface area contributed by atoms with Gasteiger partial charge in [-0.2, -0.15) is 0 Å². The van der Waals surface area contributed by atoms with E-state index in [0.29, 0.717) is 22.0 Å². The smallest absolute Gasteiger partial charge is 0.198 e. The number of nitrogens with one attached hydrogen (secondary N) is 2. The van der Waals surface area contributed by atoms with E-state index < -0.39 is 0 Å². The lowest BCUT2D eigenvalue weighted by atomic mass is 10.0. The Kier molecular flexibility index (Phi) is 3.96. The first-order valence-electron chi connectivity index (χ1n) is 7.81. The van der Waals surface area contributed by atoms with E-state index in [1.54, 1.807) is 36.7 Å². The van der Waals surface area contributed by atoms with Crippen LogP contribution in [0.4, 0.5) is 11.5 Å². The first-order valence-corrected chi connectivity index (χ1v) is 8.18. The molecular weight excluding hydrogens is 334 g/mol. The van der Waals surface area contributed by atoms with E-state index in [1.807, 2.05) is 36.4 Å². The van der Waals surface area contributed by atoms with Crippen molar-refractivity contribution in [3.63, 3.8) is 0 Å². The Labute approximate surface area is 149 Å². The van der Waals surface area contributed by atoms with E-state index in [-0.39, 0.29) is 5.78 Å². The second-order valence-corrected chi connectivity index (χ2v) is 6.05. The molecule has 25 heavy (non-hydrogen) atoms. The van der Waals surface area contributed by atoms with Crippen LogP contribution in [0.1, 0.15) is 15.9 Å². The van der Waals surface area contributed by atoms with Crippen LogP contribution < -0.4 is 5.32 Å². The number of halogens is 1. The third-order valence-corrected chi connectivity index (χ3v) is 4.21. The molecule has 2 heterocycles. The van der Waals surface area contributed by atoms with Crippen molar-refractivity contribution in [2.45, 2.75) is 0 Å². The fourth-order valence-corrected chi connectivity index (χ4v) is 2.95. The van der Waals surface area contributed by atoms with Gasteiger partial charge in [-0.3, -0.25) is 4.79 Å². The van der Waals surface area contributed by atoms with E-state index in [1.165, 1.54) is 0 Å². The minimum Gasteiger partial charge on any atom is -0.360 e. The molecule has 0 saturated heterocycles. The molecule has 5 heteroatoms. The summed E-state index contributed by atoms with van der Waals surface area (Å²) in [7, 11) is 0. The number of benzene rings is 2. The first-order chi connectivity index (χ1) is 12.2. The van der Waals surface area contributed by atoms with Gasteiger partial charge in [0.15, 0.2) is 5.78 Å². The van der Waals surface area contributed by atoms with Gasteiger partial charge in [-0.25, -0.2) is 4.98 Å². The molecule has 0 unspecified atom stereocenters. The molecule has 0 saturated carbocycles. The molecule has 0 radical (unpaired) electrons. The summed E-state index contributed by atoms with van der Waals surface area (Å²) < 4.78 is 0. The number of para-hydroxylation sites is 1. The second-order valence-electron chi connectivity index (χ2n) is 5.61. The van der Waals surface area contributed by atoms with Crippen LogP contribution >= 0.6 is 11.6 Å². The molecule has 122 valence electrons. The Balaban J connectivity index is 1.75. The number of ketones is 1. The number of pyridine rings is 1. The fraction of sp³-hybridized carbons (Fsp3) is 0. The molecular formula is C20H14ClN3O. The van der Waals surface area contributed by atoms with Gasteiger partial charge in [-0.1, -0.05) is 35.9 Å². The Bertz CT molecular complexity index is 1060. The highest BCUT2D eigenvalue weighted by Crippen LogP contribution is 2.27. The zero-order chi connectivity index (χ0) is 17.2. The summed E-state index contributed by atoms with van der Waals surface area (Å²) >= 11 is 6.02. The van der Waals surface area contributed by atoms with Crippen molar-refractivity contribution in [2.24, 2.45) is 0 Å². The summed E-state index contributed by atoms with van der Waals surface area (Å²) in [6, 6.07) is 18.6. The van der Waals surface area contributed by atoms with Gasteiger partial charge in [0.1, 0.15) is 5.82 Å². The summed E-state index contributed by atoms with van der Waals surface area (Å²) in [4.78, 5) is 20.5. The van der Waals surface area contributed by atoms with Gasteiger partial charge in [0.25, 0.3) is 0 Å². The zero-order valence-corrected chi connectivity index (χ0v) is 13.9. The average Bonchev–Trinajstić information content (AvgIpc) is 3.05. The number of H-pyrrole nitrogens is 1. The average molecular weight is 348 g/mol. The predicted octanol–water partition coefficient (Wildman–Crippen LogP) is 5.19. The van der Waals surface area contributed by atoms with Crippen LogP contribution in [0.3, 0.4) is 0 Å². The Morgan fingerprint density at radius 1 is 1.00 bits per heavy atom. The molecule has 0 spiro atoms. The number of fused-ring (bicyclic) bond motifs is 1. The number of anilines is 2. The number of nitrogens with zero attached hydrogens (tertiary/aromatic N) is 1. The number of aromatic nitrogens is 2. The minimum absolute atomic E-state index is 0.0971. The topological polar surface area (TPSA) is 57.8 Å². The maximum absolute atomic E-state index is 13.1. The number of aromatic amines is 1. The van der Waals surface area contributed by atoms with Gasteiger partial charge in [0, 0.05) is 39.6 Å². The first kappa shape index (κ1) is 15.4. The molecule has 0 aliphatic rings. The van der Waals surface area contributed by atoms with E-state index in [0.717, 1.165) is 16.6 Å². The van der Waals surface area contributed by atoms with Crippen molar-refractivity contribution in [1.82, 2.24) is 9.97 Å². The van der Waals surface area contributed by atoms with Gasteiger partial charge >= 0.3 is 0 Å². The van der Waals surface area contributed by atoms with Crippen molar-refractivity contribution in [2.75, 3.05) is 5.32 Å². The number of carbonyl (C=O) groups excluding carboxylic acids is 1. The number of carbonyl (C=O) groups is 1. The molecule has 4 nitrogen and oxygen atoms in total. The maximum atomic E-state index is 13.1. The summed E-state index contributed by atoms with van der Waals surface area (Å²) in [6.07, 6.45) is 3.37. The molecule has 2 aromatic carbocycles. The summed E-state index contributed by atoms with van der Waals surface area (Å²) in [5.74, 6) is 0.433. The lowest BCUT2D eigenvalue weighted by molar-refractivity contribution is 0.104. The zero-order valence-electron chi connectivity index (χ0n) is 13.2. The van der Waals surface area contributed by atoms with Crippen LogP contribution in [0.2, 0.25) is 5.02 Å². The van der Waals surface area contributed by atoms with Crippen LogP contribution in [0, 0.1) is 0 Å². The van der Waals surface area contributed by atoms with E-state index in [2.05, 4.69) is 15.3 Å². The third-order valence-electron chi connectivity index (χ3n) is 3.98. The Morgan fingerprint density at radius 3 is 2.68 bits per heavy atom. The van der Waals surface area contributed by atoms with E-state index in [4.69, 9.17) is 11.6 Å². The molecule has 4 rings (SSSR count). The van der Waals surface area contributed by atoms with E-state index in [9.17, 15) is 4.79 Å². The maximum Gasteiger partial charge on any atom is 0.198 e. The molecule has 2 aromatic heterocycles. The third kappa shape index (κ3) is 2.99. The fourth-order valence-electron chi connectivity index (χ4n) is 2.78. The molecule has 0 aliphatic heterocycles. The Hall–Kier alpha value is -3.11. The van der Waals surface area contributed by atoms with Crippen molar-refractivity contribution in [1.29, 1.82) is 0 Å². The van der Waals surface area contributed by atoms with Gasteiger partial charge in [0.2, 0.25) is 0 Å². The highest BCUT2D eigenvalue weighted by Gasteiger charge is 2.18. The normalized spacial score (nSPS) is 10.8. The number of hydrogen-bond donors (Lipinski definition) is 2. The highest BCUT2D eigenvalue weighted by molar-refractivity contribution is 6.31. The van der Waals surface area contributed by atoms with Crippen LogP contribution in [0.25, 0.3) is 10.9 Å². The van der Waals surface area contributed by atoms with Gasteiger partial charge in [0.05, 0.1) is 5.56 Å². The minimum atomic E-state index is -0.0971. The van der Waals surface area contributed by atoms with Gasteiger partial charge < -0.3 is 10.3 Å². The summed E-state index contributed by atoms with van der Waals surface area (Å²) in [6.45, 7) is 0. The van der Waals surface area contributed by atoms with Crippen LogP contribution in [0.5, 0.6) is 0 Å². The standard InChI is InChI=1S/C20H14ClN3O/c21-13-8-9-15-17(12-23-18(15)11-13)19(25)16-7-4-10-22-20(16)24-14-5-2-1-3-6-14/h1-12,23H,(H,22,24). The lowest BCUT2D eigenvalue weighted by Gasteiger charge is -2.10. The van der Waals surface area contributed by atoms with Crippen LogP contribution in [-0.4, -0.2) is 15.8 Å². The predicted molar refractivity (Wildman–Crippen MR) is 101 cm³/mol. The van der Waals surface area contributed by atoms with Gasteiger partial charge in [-0.15, -0.1) is 0 Å². The van der Waals surface area contributed by atoms with Crippen LogP contribution in [-0.2, 0) is 0 Å². The molecule has 0 fully saturated rings. The molecule has 2 N–H and O–H groups in total. The lowest BCUT2D eigenvalue weighted by Crippen LogP contribution is -2.06. The molecule has 4 aromatic rings. The second kappa shape index (κ2) is 6.42. The molecule has 0 amide bonds. The van der Waals surface area contributed by atoms with Crippen LogP contribution in [0.15, 0.2) is 73.1 Å². The quantitative estimate of drug-likeness (QED) is 0.499. The molecule has 0 atom stereocenters. The molecule has 0 bridgehead atoms. The van der Waals surface area contributed by atoms with Crippen molar-refractivity contribution in [3.05, 3.63) is 89.2 Å². The summed E-state index contributed by atoms with van der Waals surface area (Å²) in [5.41, 5.74) is 2.82. The highest BCUT2D eigenvalue weighted by atomic mass is 35.5. The van der Waals surface area contributed by atoms with Crippen molar-refractivity contribution < 1.29 is 4.79 Å².